The lowest BCUT2D eigenvalue weighted by molar-refractivity contribution is -0.144. The molecule has 266 valence electrons. The van der Waals surface area contributed by atoms with Crippen molar-refractivity contribution in [1.82, 2.24) is 14.9 Å². The van der Waals surface area contributed by atoms with Crippen LogP contribution in [0.2, 0.25) is 0 Å². The van der Waals surface area contributed by atoms with E-state index >= 15 is 0 Å². The number of nitrogens with one attached hydrogen (secondary N) is 1. The molecule has 1 aliphatic heterocycles. The van der Waals surface area contributed by atoms with Crippen LogP contribution in [0.5, 0.6) is 0 Å². The van der Waals surface area contributed by atoms with Crippen LogP contribution in [-0.4, -0.2) is 88.4 Å². The molecular formula is C30H55N4O11P. The summed E-state index contributed by atoms with van der Waals surface area (Å²) in [5, 5.41) is 13.5. The van der Waals surface area contributed by atoms with E-state index in [9.17, 15) is 19.3 Å². The molecule has 1 aromatic heterocycles. The molecule has 0 unspecified atom stereocenters. The molecule has 0 aliphatic carbocycles. The van der Waals surface area contributed by atoms with Gasteiger partial charge in [0.2, 0.25) is 5.91 Å². The van der Waals surface area contributed by atoms with Crippen LogP contribution in [0.25, 0.3) is 0 Å². The molecule has 46 heavy (non-hydrogen) atoms. The van der Waals surface area contributed by atoms with E-state index in [0.29, 0.717) is 19.6 Å². The van der Waals surface area contributed by atoms with Crippen LogP contribution in [0.4, 0.5) is 5.82 Å². The van der Waals surface area contributed by atoms with E-state index in [1.54, 1.807) is 0 Å². The number of hydrogen-bond donors (Lipinski definition) is 5. The largest absolute Gasteiger partial charge is 0.469 e. The zero-order chi connectivity index (χ0) is 33.6. The number of carbonyl (C=O) groups excluding carboxylic acids is 1. The second-order valence-corrected chi connectivity index (χ2v) is 12.7. The van der Waals surface area contributed by atoms with E-state index < -0.39 is 44.7 Å². The summed E-state index contributed by atoms with van der Waals surface area (Å²) >= 11 is 0. The smallest absolute Gasteiger partial charge is 0.387 e. The Hall–Kier alpha value is -1.94. The number of aromatic nitrogens is 2. The standard InChI is InChI=1S/C30H55N4O11P/c1-2-3-4-5-6-7-8-9-10-11-12-13-14-15-26(35)32-17-19-41-20-21-42-23-43-28-27(36)24(22-44-46(38,39)40)45-29(28)34-18-16-25(31)33-30(34)37/h16,18,24,27-29,36H,2-15,17,19-23H2,1H3,(H,32,35)(H2,31,33,37)(H2,38,39,40)/t24-,27-,28-,29-/m1/s1. The molecule has 1 fully saturated rings. The third-order valence-electron chi connectivity index (χ3n) is 7.64. The van der Waals surface area contributed by atoms with Crippen LogP contribution in [0.3, 0.4) is 0 Å². The maximum atomic E-state index is 12.3. The molecule has 1 saturated heterocycles. The third-order valence-corrected chi connectivity index (χ3v) is 8.12. The molecule has 0 radical (unpaired) electrons. The molecule has 0 bridgehead atoms. The number of nitrogens with two attached hydrogens (primary N) is 1. The zero-order valence-corrected chi connectivity index (χ0v) is 28.0. The topological polar surface area (TPSA) is 214 Å². The molecule has 1 amide bonds. The van der Waals surface area contributed by atoms with Crippen molar-refractivity contribution in [2.75, 3.05) is 45.5 Å². The number of nitrogens with zero attached hydrogens (tertiary/aromatic N) is 2. The molecule has 2 heterocycles. The highest BCUT2D eigenvalue weighted by Gasteiger charge is 2.46. The molecule has 1 aliphatic rings. The fourth-order valence-electron chi connectivity index (χ4n) is 5.11. The number of phosphoric acid groups is 1. The number of hydrogen-bond acceptors (Lipinski definition) is 11. The summed E-state index contributed by atoms with van der Waals surface area (Å²) in [6.07, 6.45) is 13.3. The van der Waals surface area contributed by atoms with Crippen LogP contribution < -0.4 is 16.7 Å². The van der Waals surface area contributed by atoms with Gasteiger partial charge in [0.05, 0.1) is 26.4 Å². The Bertz CT molecular complexity index is 1070. The number of amides is 1. The quantitative estimate of drug-likeness (QED) is 0.0514. The Morgan fingerprint density at radius 3 is 2.22 bits per heavy atom. The minimum atomic E-state index is -4.83. The van der Waals surface area contributed by atoms with Gasteiger partial charge in [-0.05, 0) is 12.5 Å². The highest BCUT2D eigenvalue weighted by atomic mass is 31.2. The van der Waals surface area contributed by atoms with Crippen molar-refractivity contribution in [2.45, 2.75) is 121 Å². The molecule has 0 spiro atoms. The van der Waals surface area contributed by atoms with Gasteiger partial charge < -0.3 is 44.9 Å². The molecule has 15 nitrogen and oxygen atoms in total. The molecular weight excluding hydrogens is 623 g/mol. The van der Waals surface area contributed by atoms with Crippen LogP contribution in [0, 0.1) is 0 Å². The van der Waals surface area contributed by atoms with E-state index in [-0.39, 0.29) is 31.7 Å². The first-order valence-electron chi connectivity index (χ1n) is 16.5. The summed E-state index contributed by atoms with van der Waals surface area (Å²) in [4.78, 5) is 46.0. The van der Waals surface area contributed by atoms with Crippen molar-refractivity contribution in [3.05, 3.63) is 22.7 Å². The number of carbonyl (C=O) groups is 1. The average Bonchev–Trinajstić information content (AvgIpc) is 3.31. The number of ether oxygens (including phenoxy) is 4. The summed E-state index contributed by atoms with van der Waals surface area (Å²) in [6.45, 7) is 2.38. The number of aliphatic hydroxyl groups is 1. The Kier molecular flexibility index (Phi) is 20.5. The minimum Gasteiger partial charge on any atom is -0.387 e. The summed E-state index contributed by atoms with van der Waals surface area (Å²) in [7, 11) is -4.83. The number of phosphoric ester groups is 1. The number of aliphatic hydroxyl groups excluding tert-OH is 1. The molecule has 4 atom stereocenters. The predicted octanol–water partition coefficient (Wildman–Crippen LogP) is 3.17. The number of rotatable bonds is 27. The maximum Gasteiger partial charge on any atom is 0.469 e. The van der Waals surface area contributed by atoms with E-state index in [1.807, 2.05) is 0 Å². The van der Waals surface area contributed by atoms with Gasteiger partial charge in [-0.25, -0.2) is 9.36 Å². The molecule has 1 aromatic rings. The normalized spacial score (nSPS) is 19.9. The van der Waals surface area contributed by atoms with Crippen molar-refractivity contribution in [3.8, 4) is 0 Å². The highest BCUT2D eigenvalue weighted by molar-refractivity contribution is 7.46. The first kappa shape index (κ1) is 40.2. The lowest BCUT2D eigenvalue weighted by Gasteiger charge is -2.22. The predicted molar refractivity (Wildman–Crippen MR) is 171 cm³/mol. The maximum absolute atomic E-state index is 12.3. The Labute approximate surface area is 271 Å². The number of nitrogen functional groups attached to an aromatic ring is 1. The average molecular weight is 679 g/mol. The zero-order valence-electron chi connectivity index (χ0n) is 27.1. The second kappa shape index (κ2) is 23.4. The van der Waals surface area contributed by atoms with E-state index in [1.165, 1.54) is 82.9 Å². The number of unbranched alkanes of at least 4 members (excludes halogenated alkanes) is 12. The summed E-state index contributed by atoms with van der Waals surface area (Å²) < 4.78 is 38.7. The van der Waals surface area contributed by atoms with E-state index in [0.717, 1.165) is 17.4 Å². The van der Waals surface area contributed by atoms with Gasteiger partial charge in [-0.1, -0.05) is 84.0 Å². The SMILES string of the molecule is CCCCCCCCCCCCCCCC(=O)NCCOCCOCO[C@@H]1[C@H](O)[C@@H](COP(=O)(O)O)O[C@H]1n1ccc(N)nc1=O. The van der Waals surface area contributed by atoms with Crippen molar-refractivity contribution in [3.63, 3.8) is 0 Å². The van der Waals surface area contributed by atoms with Crippen molar-refractivity contribution >= 4 is 19.5 Å². The van der Waals surface area contributed by atoms with Crippen LogP contribution in [0.1, 0.15) is 103 Å². The fraction of sp³-hybridized carbons (Fsp3) is 0.833. The van der Waals surface area contributed by atoms with Gasteiger partial charge in [0, 0.05) is 19.2 Å². The third kappa shape index (κ3) is 17.3. The highest BCUT2D eigenvalue weighted by Crippen LogP contribution is 2.38. The summed E-state index contributed by atoms with van der Waals surface area (Å²) in [6, 6.07) is 1.35. The molecule has 16 heteroatoms. The van der Waals surface area contributed by atoms with Gasteiger partial charge in [-0.3, -0.25) is 13.9 Å². The summed E-state index contributed by atoms with van der Waals surface area (Å²) in [5.74, 6) is -0.000479. The molecule has 2 rings (SSSR count). The molecule has 6 N–H and O–H groups in total. The van der Waals surface area contributed by atoms with Gasteiger partial charge in [-0.15, -0.1) is 0 Å². The minimum absolute atomic E-state index is 0.0168. The number of anilines is 1. The van der Waals surface area contributed by atoms with Gasteiger partial charge in [0.25, 0.3) is 0 Å². The van der Waals surface area contributed by atoms with E-state index in [4.69, 9.17) is 34.5 Å². The Balaban J connectivity index is 1.51. The first-order valence-corrected chi connectivity index (χ1v) is 18.1. The van der Waals surface area contributed by atoms with E-state index in [2.05, 4.69) is 21.7 Å². The molecule has 0 aromatic carbocycles. The van der Waals surface area contributed by atoms with Gasteiger partial charge in [-0.2, -0.15) is 4.98 Å². The van der Waals surface area contributed by atoms with Crippen molar-refractivity contribution in [1.29, 1.82) is 0 Å². The fourth-order valence-corrected chi connectivity index (χ4v) is 5.45. The van der Waals surface area contributed by atoms with Crippen molar-refractivity contribution in [2.24, 2.45) is 0 Å². The lowest BCUT2D eigenvalue weighted by Crippen LogP contribution is -2.38. The monoisotopic (exact) mass is 678 g/mol. The Morgan fingerprint density at radius 1 is 1.00 bits per heavy atom. The molecule has 0 saturated carbocycles. The first-order chi connectivity index (χ1) is 22.1. The summed E-state index contributed by atoms with van der Waals surface area (Å²) in [5.41, 5.74) is 4.77. The van der Waals surface area contributed by atoms with Crippen LogP contribution >= 0.6 is 7.82 Å². The Morgan fingerprint density at radius 2 is 1.61 bits per heavy atom. The van der Waals surface area contributed by atoms with Gasteiger partial charge in [0.15, 0.2) is 6.23 Å². The van der Waals surface area contributed by atoms with Gasteiger partial charge in [0.1, 0.15) is 30.9 Å². The van der Waals surface area contributed by atoms with Crippen molar-refractivity contribution < 1.29 is 47.7 Å². The van der Waals surface area contributed by atoms with Crippen LogP contribution in [-0.2, 0) is 32.8 Å². The second-order valence-electron chi connectivity index (χ2n) is 11.5. The lowest BCUT2D eigenvalue weighted by atomic mass is 10.0. The van der Waals surface area contributed by atoms with Crippen LogP contribution in [0.15, 0.2) is 17.1 Å². The van der Waals surface area contributed by atoms with Gasteiger partial charge >= 0.3 is 13.5 Å².